The lowest BCUT2D eigenvalue weighted by Crippen LogP contribution is -2.63. The highest BCUT2D eigenvalue weighted by atomic mass is 19.3. The van der Waals surface area contributed by atoms with Crippen molar-refractivity contribution in [3.63, 3.8) is 0 Å². The molecule has 1 aliphatic carbocycles. The lowest BCUT2D eigenvalue weighted by Gasteiger charge is -2.47. The minimum absolute atomic E-state index is 0.0547. The SMILES string of the molecule is CC(C)CC1CNC2(CCCC2)CN1CC(F)F. The van der Waals surface area contributed by atoms with Crippen LogP contribution in [0.2, 0.25) is 0 Å². The van der Waals surface area contributed by atoms with Crippen LogP contribution in [0.5, 0.6) is 0 Å². The molecule has 0 aromatic carbocycles. The highest BCUT2D eigenvalue weighted by molar-refractivity contribution is 5.01. The van der Waals surface area contributed by atoms with Crippen molar-refractivity contribution in [2.75, 3.05) is 19.6 Å². The molecule has 1 unspecified atom stereocenters. The van der Waals surface area contributed by atoms with Crippen LogP contribution in [0.1, 0.15) is 46.0 Å². The van der Waals surface area contributed by atoms with Crippen molar-refractivity contribution in [1.29, 1.82) is 0 Å². The quantitative estimate of drug-likeness (QED) is 0.836. The van der Waals surface area contributed by atoms with E-state index in [1.54, 1.807) is 0 Å². The van der Waals surface area contributed by atoms with Gasteiger partial charge in [-0.3, -0.25) is 4.90 Å². The fourth-order valence-electron chi connectivity index (χ4n) is 3.59. The van der Waals surface area contributed by atoms with Crippen LogP contribution < -0.4 is 5.32 Å². The molecule has 0 aromatic heterocycles. The summed E-state index contributed by atoms with van der Waals surface area (Å²) in [4.78, 5) is 2.05. The molecular weight excluding hydrogens is 234 g/mol. The molecule has 1 aliphatic heterocycles. The average Bonchev–Trinajstić information content (AvgIpc) is 2.70. The number of nitrogens with zero attached hydrogens (tertiary/aromatic N) is 1. The molecule has 2 rings (SSSR count). The number of hydrogen-bond donors (Lipinski definition) is 1. The summed E-state index contributed by atoms with van der Waals surface area (Å²) in [6.45, 7) is 5.97. The molecule has 0 aromatic rings. The van der Waals surface area contributed by atoms with Crippen LogP contribution in [-0.2, 0) is 0 Å². The molecule has 1 atom stereocenters. The summed E-state index contributed by atoms with van der Waals surface area (Å²) in [6.07, 6.45) is 3.59. The summed E-state index contributed by atoms with van der Waals surface area (Å²) in [5.74, 6) is 0.564. The third-order valence-corrected chi connectivity index (χ3v) is 4.41. The second-order valence-corrected chi connectivity index (χ2v) is 6.47. The third-order valence-electron chi connectivity index (χ3n) is 4.41. The smallest absolute Gasteiger partial charge is 0.251 e. The maximum atomic E-state index is 12.7. The second kappa shape index (κ2) is 5.83. The Morgan fingerprint density at radius 1 is 1.28 bits per heavy atom. The Bertz CT molecular complexity index is 263. The zero-order valence-corrected chi connectivity index (χ0v) is 11.6. The van der Waals surface area contributed by atoms with Gasteiger partial charge in [-0.15, -0.1) is 0 Å². The van der Waals surface area contributed by atoms with Crippen LogP contribution in [0.25, 0.3) is 0 Å². The topological polar surface area (TPSA) is 15.3 Å². The molecule has 2 nitrogen and oxygen atoms in total. The lowest BCUT2D eigenvalue weighted by atomic mass is 9.90. The van der Waals surface area contributed by atoms with Crippen LogP contribution in [-0.4, -0.2) is 42.5 Å². The lowest BCUT2D eigenvalue weighted by molar-refractivity contribution is 0.0148. The minimum atomic E-state index is -2.21. The Morgan fingerprint density at radius 2 is 1.94 bits per heavy atom. The normalized spacial score (nSPS) is 28.7. The van der Waals surface area contributed by atoms with Crippen LogP contribution in [0, 0.1) is 5.92 Å². The Kier molecular flexibility index (Phi) is 4.59. The first kappa shape index (κ1) is 14.2. The number of hydrogen-bond acceptors (Lipinski definition) is 2. The van der Waals surface area contributed by atoms with Gasteiger partial charge in [0.15, 0.2) is 0 Å². The predicted octanol–water partition coefficient (Wildman–Crippen LogP) is 2.88. The summed E-state index contributed by atoms with van der Waals surface area (Å²) in [5.41, 5.74) is 0.141. The Morgan fingerprint density at radius 3 is 2.50 bits per heavy atom. The zero-order chi connectivity index (χ0) is 13.2. The average molecular weight is 260 g/mol. The van der Waals surface area contributed by atoms with E-state index >= 15 is 0 Å². The maximum Gasteiger partial charge on any atom is 0.251 e. The summed E-state index contributed by atoms with van der Waals surface area (Å²) >= 11 is 0. The van der Waals surface area contributed by atoms with Gasteiger partial charge in [-0.1, -0.05) is 26.7 Å². The molecule has 18 heavy (non-hydrogen) atoms. The molecule has 1 spiro atoms. The molecule has 2 aliphatic rings. The summed E-state index contributed by atoms with van der Waals surface area (Å²) < 4.78 is 25.5. The second-order valence-electron chi connectivity index (χ2n) is 6.47. The van der Waals surface area contributed by atoms with E-state index in [0.29, 0.717) is 5.92 Å². The summed E-state index contributed by atoms with van der Waals surface area (Å²) in [5, 5.41) is 3.67. The maximum absolute atomic E-state index is 12.7. The van der Waals surface area contributed by atoms with Gasteiger partial charge in [0.05, 0.1) is 6.54 Å². The molecule has 1 saturated carbocycles. The first-order valence-corrected chi connectivity index (χ1v) is 7.28. The number of nitrogens with one attached hydrogen (secondary N) is 1. The Hall–Kier alpha value is -0.220. The van der Waals surface area contributed by atoms with E-state index in [4.69, 9.17) is 0 Å². The van der Waals surface area contributed by atoms with Crippen LogP contribution >= 0.6 is 0 Å². The van der Waals surface area contributed by atoms with Gasteiger partial charge < -0.3 is 5.32 Å². The largest absolute Gasteiger partial charge is 0.308 e. The van der Waals surface area contributed by atoms with Crippen molar-refractivity contribution >= 4 is 0 Å². The van der Waals surface area contributed by atoms with E-state index in [2.05, 4.69) is 19.2 Å². The molecular formula is C14H26F2N2. The van der Waals surface area contributed by atoms with Crippen molar-refractivity contribution in [3.8, 4) is 0 Å². The monoisotopic (exact) mass is 260 g/mol. The fraction of sp³-hybridized carbons (Fsp3) is 1.00. The highest BCUT2D eigenvalue weighted by Gasteiger charge is 2.41. The fourth-order valence-corrected chi connectivity index (χ4v) is 3.59. The van der Waals surface area contributed by atoms with Gasteiger partial charge >= 0.3 is 0 Å². The number of halogens is 2. The van der Waals surface area contributed by atoms with Gasteiger partial charge in [0.1, 0.15) is 0 Å². The first-order valence-electron chi connectivity index (χ1n) is 7.28. The van der Waals surface area contributed by atoms with Crippen molar-refractivity contribution < 1.29 is 8.78 Å². The van der Waals surface area contributed by atoms with Crippen molar-refractivity contribution in [2.24, 2.45) is 5.92 Å². The predicted molar refractivity (Wildman–Crippen MR) is 70.0 cm³/mol. The molecule has 1 heterocycles. The van der Waals surface area contributed by atoms with E-state index in [-0.39, 0.29) is 18.1 Å². The Labute approximate surface area is 109 Å². The molecule has 106 valence electrons. The number of alkyl halides is 2. The highest BCUT2D eigenvalue weighted by Crippen LogP contribution is 2.34. The Balaban J connectivity index is 2.00. The van der Waals surface area contributed by atoms with E-state index in [0.717, 1.165) is 32.4 Å². The van der Waals surface area contributed by atoms with Gasteiger partial charge in [0, 0.05) is 24.7 Å². The first-order chi connectivity index (χ1) is 8.51. The standard InChI is InChI=1S/C14H26F2N2/c1-11(2)7-12-8-17-14(5-3-4-6-14)10-18(12)9-13(15)16/h11-13,17H,3-10H2,1-2H3. The van der Waals surface area contributed by atoms with E-state index in [1.807, 2.05) is 4.90 Å². The summed E-state index contributed by atoms with van der Waals surface area (Å²) in [7, 11) is 0. The van der Waals surface area contributed by atoms with Crippen LogP contribution in [0.3, 0.4) is 0 Å². The number of piperazine rings is 1. The molecule has 0 radical (unpaired) electrons. The molecule has 0 bridgehead atoms. The van der Waals surface area contributed by atoms with Gasteiger partial charge in [0.25, 0.3) is 6.43 Å². The molecule has 4 heteroatoms. The van der Waals surface area contributed by atoms with Gasteiger partial charge in [-0.2, -0.15) is 0 Å². The number of rotatable bonds is 4. The molecule has 2 fully saturated rings. The molecule has 1 N–H and O–H groups in total. The van der Waals surface area contributed by atoms with Crippen molar-refractivity contribution in [2.45, 2.75) is 64.0 Å². The van der Waals surface area contributed by atoms with Gasteiger partial charge in [-0.25, -0.2) is 8.78 Å². The van der Waals surface area contributed by atoms with Crippen LogP contribution in [0.4, 0.5) is 8.78 Å². The third kappa shape index (κ3) is 3.41. The summed E-state index contributed by atoms with van der Waals surface area (Å²) in [6, 6.07) is 0.283. The van der Waals surface area contributed by atoms with Gasteiger partial charge in [-0.05, 0) is 25.2 Å². The van der Waals surface area contributed by atoms with Gasteiger partial charge in [0.2, 0.25) is 0 Å². The van der Waals surface area contributed by atoms with Crippen LogP contribution in [0.15, 0.2) is 0 Å². The molecule has 0 amide bonds. The molecule has 1 saturated heterocycles. The van der Waals surface area contributed by atoms with E-state index in [9.17, 15) is 8.78 Å². The van der Waals surface area contributed by atoms with E-state index < -0.39 is 6.43 Å². The van der Waals surface area contributed by atoms with E-state index in [1.165, 1.54) is 12.8 Å². The van der Waals surface area contributed by atoms with Crippen molar-refractivity contribution in [1.82, 2.24) is 10.2 Å². The van der Waals surface area contributed by atoms with Crippen molar-refractivity contribution in [3.05, 3.63) is 0 Å². The minimum Gasteiger partial charge on any atom is -0.308 e. The zero-order valence-electron chi connectivity index (χ0n) is 11.6.